The molecular formula is C19H29NO2. The number of carbonyl (C=O) groups excluding carboxylic acids is 1. The first kappa shape index (κ1) is 18.3. The largest absolute Gasteiger partial charge is 0.507 e. The van der Waals surface area contributed by atoms with Crippen molar-refractivity contribution < 1.29 is 9.90 Å². The maximum atomic E-state index is 11.1. The number of rotatable bonds is 3. The zero-order valence-corrected chi connectivity index (χ0v) is 14.9. The molecule has 3 N–H and O–H groups in total. The van der Waals surface area contributed by atoms with Gasteiger partial charge in [0.15, 0.2) is 0 Å². The molecule has 0 fully saturated rings. The topological polar surface area (TPSA) is 63.3 Å². The van der Waals surface area contributed by atoms with Gasteiger partial charge in [0.25, 0.3) is 0 Å². The van der Waals surface area contributed by atoms with E-state index in [9.17, 15) is 9.90 Å². The van der Waals surface area contributed by atoms with Gasteiger partial charge >= 0.3 is 0 Å². The Kier molecular flexibility index (Phi) is 5.11. The summed E-state index contributed by atoms with van der Waals surface area (Å²) in [6, 6.07) is 4.05. The summed E-state index contributed by atoms with van der Waals surface area (Å²) in [6.07, 6.45) is 2.47. The third-order valence-electron chi connectivity index (χ3n) is 3.82. The number of nitrogens with two attached hydrogens (primary N) is 1. The van der Waals surface area contributed by atoms with E-state index in [-0.39, 0.29) is 10.8 Å². The Balaban J connectivity index is 3.42. The molecule has 0 aromatic heterocycles. The summed E-state index contributed by atoms with van der Waals surface area (Å²) < 4.78 is 0. The molecule has 0 spiro atoms. The number of benzene rings is 1. The SMILES string of the molecule is CC(=CCc1cc(C(C)(C)C)c(O)c(C(C)(C)C)c1)C(N)=O. The molecule has 0 aliphatic rings. The number of phenols is 1. The molecule has 22 heavy (non-hydrogen) atoms. The van der Waals surface area contributed by atoms with Gasteiger partial charge in [-0.2, -0.15) is 0 Å². The van der Waals surface area contributed by atoms with E-state index < -0.39 is 5.91 Å². The summed E-state index contributed by atoms with van der Waals surface area (Å²) in [5.41, 5.74) is 8.47. The van der Waals surface area contributed by atoms with Crippen molar-refractivity contribution in [1.82, 2.24) is 0 Å². The van der Waals surface area contributed by atoms with Crippen molar-refractivity contribution in [2.75, 3.05) is 0 Å². The fourth-order valence-electron chi connectivity index (χ4n) is 2.33. The van der Waals surface area contributed by atoms with Gasteiger partial charge in [-0.15, -0.1) is 0 Å². The molecule has 0 aliphatic heterocycles. The second-order valence-electron chi connectivity index (χ2n) is 8.00. The van der Waals surface area contributed by atoms with Crippen LogP contribution in [0, 0.1) is 0 Å². The third kappa shape index (κ3) is 4.36. The average Bonchev–Trinajstić information content (AvgIpc) is 2.33. The monoisotopic (exact) mass is 303 g/mol. The number of allylic oxidation sites excluding steroid dienone is 1. The number of primary amides is 1. The number of hydrogen-bond donors (Lipinski definition) is 2. The van der Waals surface area contributed by atoms with Gasteiger partial charge in [0.1, 0.15) is 5.75 Å². The van der Waals surface area contributed by atoms with Crippen molar-refractivity contribution in [3.63, 3.8) is 0 Å². The number of amides is 1. The Labute approximate surface area is 134 Å². The summed E-state index contributed by atoms with van der Waals surface area (Å²) >= 11 is 0. The Morgan fingerprint density at radius 3 is 1.82 bits per heavy atom. The highest BCUT2D eigenvalue weighted by Crippen LogP contribution is 2.39. The standard InChI is InChI=1S/C19H29NO2/c1-12(17(20)22)8-9-13-10-14(18(2,3)4)16(21)15(11-13)19(5,6)7/h8,10-11,21H,9H2,1-7H3,(H2,20,22). The minimum absolute atomic E-state index is 0.150. The molecule has 0 atom stereocenters. The molecule has 3 nitrogen and oxygen atoms in total. The Bertz CT molecular complexity index is 564. The fourth-order valence-corrected chi connectivity index (χ4v) is 2.33. The lowest BCUT2D eigenvalue weighted by atomic mass is 9.78. The van der Waals surface area contributed by atoms with Crippen LogP contribution >= 0.6 is 0 Å². The molecule has 0 saturated carbocycles. The first-order chi connectivity index (χ1) is 9.84. The van der Waals surface area contributed by atoms with Crippen LogP contribution in [0.5, 0.6) is 5.75 Å². The van der Waals surface area contributed by atoms with Crippen LogP contribution in [-0.4, -0.2) is 11.0 Å². The molecule has 0 bridgehead atoms. The highest BCUT2D eigenvalue weighted by Gasteiger charge is 2.26. The third-order valence-corrected chi connectivity index (χ3v) is 3.82. The van der Waals surface area contributed by atoms with Crippen LogP contribution in [0.2, 0.25) is 0 Å². The highest BCUT2D eigenvalue weighted by molar-refractivity contribution is 5.91. The molecule has 1 rings (SSSR count). The lowest BCUT2D eigenvalue weighted by Crippen LogP contribution is -2.18. The van der Waals surface area contributed by atoms with Gasteiger partial charge in [-0.05, 0) is 40.9 Å². The zero-order valence-electron chi connectivity index (χ0n) is 14.9. The molecule has 1 aromatic rings. The second kappa shape index (κ2) is 6.15. The summed E-state index contributed by atoms with van der Waals surface area (Å²) in [7, 11) is 0. The molecule has 1 amide bonds. The predicted octanol–water partition coefficient (Wildman–Crippen LogP) is 3.96. The van der Waals surface area contributed by atoms with Crippen molar-refractivity contribution in [2.24, 2.45) is 5.73 Å². The van der Waals surface area contributed by atoms with Crippen molar-refractivity contribution in [2.45, 2.75) is 65.7 Å². The smallest absolute Gasteiger partial charge is 0.244 e. The molecule has 1 aromatic carbocycles. The van der Waals surface area contributed by atoms with Crippen LogP contribution in [0.15, 0.2) is 23.8 Å². The quantitative estimate of drug-likeness (QED) is 0.830. The van der Waals surface area contributed by atoms with E-state index in [0.29, 0.717) is 17.7 Å². The molecular weight excluding hydrogens is 274 g/mol. The number of carbonyl (C=O) groups is 1. The van der Waals surface area contributed by atoms with E-state index in [4.69, 9.17) is 5.73 Å². The van der Waals surface area contributed by atoms with Gasteiger partial charge in [0.2, 0.25) is 5.91 Å². The lowest BCUT2D eigenvalue weighted by molar-refractivity contribution is -0.114. The summed E-state index contributed by atoms with van der Waals surface area (Å²) in [5.74, 6) is -0.0229. The van der Waals surface area contributed by atoms with Crippen LogP contribution in [-0.2, 0) is 22.0 Å². The van der Waals surface area contributed by atoms with Crippen LogP contribution in [0.4, 0.5) is 0 Å². The van der Waals surface area contributed by atoms with Crippen molar-refractivity contribution in [3.8, 4) is 5.75 Å². The summed E-state index contributed by atoms with van der Waals surface area (Å²) in [5, 5.41) is 10.7. The molecule has 0 heterocycles. The first-order valence-electron chi connectivity index (χ1n) is 7.67. The van der Waals surface area contributed by atoms with Crippen LogP contribution in [0.25, 0.3) is 0 Å². The van der Waals surface area contributed by atoms with E-state index in [1.165, 1.54) is 0 Å². The average molecular weight is 303 g/mol. The Morgan fingerprint density at radius 1 is 1.09 bits per heavy atom. The van der Waals surface area contributed by atoms with Crippen molar-refractivity contribution in [1.29, 1.82) is 0 Å². The van der Waals surface area contributed by atoms with Crippen molar-refractivity contribution >= 4 is 5.91 Å². The predicted molar refractivity (Wildman–Crippen MR) is 92.2 cm³/mol. The molecule has 3 heteroatoms. The normalized spacial score (nSPS) is 13.3. The van der Waals surface area contributed by atoms with E-state index in [1.54, 1.807) is 6.92 Å². The van der Waals surface area contributed by atoms with Gasteiger partial charge in [0, 0.05) is 5.57 Å². The molecule has 0 aliphatic carbocycles. The van der Waals surface area contributed by atoms with E-state index >= 15 is 0 Å². The fraction of sp³-hybridized carbons (Fsp3) is 0.526. The van der Waals surface area contributed by atoms with Crippen LogP contribution in [0.3, 0.4) is 0 Å². The molecule has 0 unspecified atom stereocenters. The second-order valence-corrected chi connectivity index (χ2v) is 8.00. The van der Waals surface area contributed by atoms with Crippen LogP contribution < -0.4 is 5.73 Å². The number of aromatic hydroxyl groups is 1. The lowest BCUT2D eigenvalue weighted by Gasteiger charge is -2.28. The number of hydrogen-bond acceptors (Lipinski definition) is 2. The van der Waals surface area contributed by atoms with Crippen LogP contribution in [0.1, 0.15) is 65.2 Å². The van der Waals surface area contributed by atoms with Gasteiger partial charge in [-0.1, -0.05) is 59.8 Å². The minimum atomic E-state index is -0.397. The van der Waals surface area contributed by atoms with Crippen molar-refractivity contribution in [3.05, 3.63) is 40.5 Å². The van der Waals surface area contributed by atoms with Gasteiger partial charge in [0.05, 0.1) is 0 Å². The first-order valence-corrected chi connectivity index (χ1v) is 7.67. The zero-order chi connectivity index (χ0) is 17.3. The summed E-state index contributed by atoms with van der Waals surface area (Å²) in [6.45, 7) is 14.2. The maximum Gasteiger partial charge on any atom is 0.244 e. The van der Waals surface area contributed by atoms with Gasteiger partial charge < -0.3 is 10.8 Å². The molecule has 122 valence electrons. The maximum absolute atomic E-state index is 11.1. The molecule has 0 radical (unpaired) electrons. The van der Waals surface area contributed by atoms with Gasteiger partial charge in [-0.3, -0.25) is 4.79 Å². The highest BCUT2D eigenvalue weighted by atomic mass is 16.3. The number of phenolic OH excluding ortho intramolecular Hbond substituents is 1. The summed E-state index contributed by atoms with van der Waals surface area (Å²) in [4.78, 5) is 11.1. The Morgan fingerprint density at radius 2 is 1.50 bits per heavy atom. The van der Waals surface area contributed by atoms with Gasteiger partial charge in [-0.25, -0.2) is 0 Å². The van der Waals surface area contributed by atoms with E-state index in [2.05, 4.69) is 41.5 Å². The minimum Gasteiger partial charge on any atom is -0.507 e. The van der Waals surface area contributed by atoms with E-state index in [0.717, 1.165) is 16.7 Å². The van der Waals surface area contributed by atoms with E-state index in [1.807, 2.05) is 18.2 Å². The molecule has 0 saturated heterocycles. The Hall–Kier alpha value is -1.77.